The van der Waals surface area contributed by atoms with E-state index in [2.05, 4.69) is 39.6 Å². The zero-order valence-corrected chi connectivity index (χ0v) is 20.4. The summed E-state index contributed by atoms with van der Waals surface area (Å²) in [6.07, 6.45) is 4.80. The molecule has 0 atom stereocenters. The second-order valence-corrected chi connectivity index (χ2v) is 10.5. The summed E-state index contributed by atoms with van der Waals surface area (Å²) >= 11 is 8.96. The van der Waals surface area contributed by atoms with Crippen molar-refractivity contribution in [3.63, 3.8) is 0 Å². The Morgan fingerprint density at radius 2 is 1.82 bits per heavy atom. The maximum Gasteiger partial charge on any atom is 0.234 e. The number of halogens is 1. The van der Waals surface area contributed by atoms with Gasteiger partial charge in [-0.05, 0) is 54.7 Å². The molecular formula is C26H19ClN4OS2. The number of anilines is 1. The number of amides is 1. The molecule has 2 aromatic carbocycles. The fraction of sp³-hybridized carbons (Fsp3) is 0.154. The number of nitrogens with one attached hydrogen (secondary N) is 1. The highest BCUT2D eigenvalue weighted by atomic mass is 35.5. The van der Waals surface area contributed by atoms with Crippen LogP contribution in [0.15, 0.2) is 66.0 Å². The van der Waals surface area contributed by atoms with E-state index in [0.29, 0.717) is 5.02 Å². The Hall–Kier alpha value is -3.00. The first kappa shape index (κ1) is 21.5. The second-order valence-electron chi connectivity index (χ2n) is 8.12. The molecule has 168 valence electrons. The maximum absolute atomic E-state index is 12.5. The molecule has 0 saturated heterocycles. The lowest BCUT2D eigenvalue weighted by Gasteiger charge is -2.09. The third-order valence-electron chi connectivity index (χ3n) is 5.95. The smallest absolute Gasteiger partial charge is 0.234 e. The van der Waals surface area contributed by atoms with Crippen molar-refractivity contribution in [1.82, 2.24) is 15.0 Å². The molecule has 8 heteroatoms. The van der Waals surface area contributed by atoms with E-state index in [-0.39, 0.29) is 11.7 Å². The predicted molar refractivity (Wildman–Crippen MR) is 141 cm³/mol. The van der Waals surface area contributed by atoms with Gasteiger partial charge in [-0.2, -0.15) is 0 Å². The van der Waals surface area contributed by atoms with Crippen LogP contribution in [-0.4, -0.2) is 26.6 Å². The first-order valence-electron chi connectivity index (χ1n) is 11.0. The molecule has 3 aromatic heterocycles. The van der Waals surface area contributed by atoms with E-state index >= 15 is 0 Å². The molecular weight excluding hydrogens is 484 g/mol. The minimum atomic E-state index is -0.0921. The Labute approximate surface area is 209 Å². The average molecular weight is 503 g/mol. The van der Waals surface area contributed by atoms with Crippen LogP contribution in [0.4, 0.5) is 5.69 Å². The van der Waals surface area contributed by atoms with Crippen molar-refractivity contribution in [1.29, 1.82) is 0 Å². The molecule has 0 aliphatic heterocycles. The number of hydrogen-bond acceptors (Lipinski definition) is 6. The Bertz CT molecular complexity index is 1530. The third-order valence-corrected chi connectivity index (χ3v) is 8.40. The van der Waals surface area contributed by atoms with Crippen LogP contribution in [0.2, 0.25) is 5.02 Å². The number of aromatic nitrogens is 3. The molecule has 0 saturated carbocycles. The van der Waals surface area contributed by atoms with Crippen molar-refractivity contribution in [3.05, 3.63) is 77.1 Å². The number of hydrogen-bond donors (Lipinski definition) is 1. The highest BCUT2D eigenvalue weighted by molar-refractivity contribution is 8.00. The summed E-state index contributed by atoms with van der Waals surface area (Å²) in [7, 11) is 0. The van der Waals surface area contributed by atoms with Gasteiger partial charge in [0.05, 0.1) is 21.7 Å². The molecule has 0 fully saturated rings. The number of benzene rings is 2. The van der Waals surface area contributed by atoms with Crippen molar-refractivity contribution < 1.29 is 4.79 Å². The highest BCUT2D eigenvalue weighted by Gasteiger charge is 2.25. The third kappa shape index (κ3) is 3.94. The van der Waals surface area contributed by atoms with E-state index in [1.165, 1.54) is 22.9 Å². The van der Waals surface area contributed by atoms with E-state index in [1.54, 1.807) is 41.9 Å². The van der Waals surface area contributed by atoms with Crippen molar-refractivity contribution in [2.24, 2.45) is 0 Å². The van der Waals surface area contributed by atoms with Crippen molar-refractivity contribution >= 4 is 66.7 Å². The van der Waals surface area contributed by atoms with Crippen molar-refractivity contribution in [3.8, 4) is 11.3 Å². The van der Waals surface area contributed by atoms with Crippen LogP contribution in [0, 0.1) is 0 Å². The number of thioether (sulfide) groups is 1. The fourth-order valence-electron chi connectivity index (χ4n) is 4.48. The SMILES string of the molecule is O=C(CSc1ncnc2c1sc1nc(-c3ccccc3)c3c(c12)CCC3)Nc1ccc(Cl)cc1. The molecule has 0 unspecified atom stereocenters. The quantitative estimate of drug-likeness (QED) is 0.212. The van der Waals surface area contributed by atoms with Crippen LogP contribution >= 0.6 is 34.7 Å². The Kier molecular flexibility index (Phi) is 5.69. The Balaban J connectivity index is 1.35. The minimum absolute atomic E-state index is 0.0921. The van der Waals surface area contributed by atoms with Gasteiger partial charge in [-0.15, -0.1) is 11.3 Å². The molecule has 34 heavy (non-hydrogen) atoms. The summed E-state index contributed by atoms with van der Waals surface area (Å²) in [5.41, 5.74) is 6.61. The number of rotatable bonds is 5. The molecule has 1 N–H and O–H groups in total. The molecule has 3 heterocycles. The number of carbonyl (C=O) groups excluding carboxylic acids is 1. The molecule has 0 radical (unpaired) electrons. The molecule has 0 bridgehead atoms. The molecule has 5 aromatic rings. The zero-order valence-electron chi connectivity index (χ0n) is 18.0. The lowest BCUT2D eigenvalue weighted by atomic mass is 10.0. The van der Waals surface area contributed by atoms with Crippen molar-refractivity contribution in [2.45, 2.75) is 24.3 Å². The number of fused-ring (bicyclic) bond motifs is 5. The molecule has 6 rings (SSSR count). The van der Waals surface area contributed by atoms with Crippen LogP contribution in [0.25, 0.3) is 31.7 Å². The lowest BCUT2D eigenvalue weighted by Crippen LogP contribution is -2.14. The fourth-order valence-corrected chi connectivity index (χ4v) is 6.64. The average Bonchev–Trinajstić information content (AvgIpc) is 3.49. The van der Waals surface area contributed by atoms with Gasteiger partial charge >= 0.3 is 0 Å². The van der Waals surface area contributed by atoms with Crippen LogP contribution in [0.1, 0.15) is 17.5 Å². The Morgan fingerprint density at radius 1 is 1.03 bits per heavy atom. The van der Waals surface area contributed by atoms with Gasteiger partial charge in [-0.1, -0.05) is 53.7 Å². The standard InChI is InChI=1S/C26H19ClN4OS2/c27-16-9-11-17(12-10-16)30-20(32)13-33-26-24-23(28-14-29-26)21-18-7-4-8-19(18)22(31-25(21)34-24)15-5-2-1-3-6-15/h1-3,5-6,9-12,14H,4,7-8,13H2,(H,30,32). The van der Waals surface area contributed by atoms with E-state index in [1.807, 2.05) is 6.07 Å². The van der Waals surface area contributed by atoms with Crippen LogP contribution in [-0.2, 0) is 17.6 Å². The summed E-state index contributed by atoms with van der Waals surface area (Å²) in [6.45, 7) is 0. The summed E-state index contributed by atoms with van der Waals surface area (Å²) in [4.78, 5) is 27.8. The number of nitrogens with zero attached hydrogens (tertiary/aromatic N) is 3. The van der Waals surface area contributed by atoms with Gasteiger partial charge < -0.3 is 5.32 Å². The summed E-state index contributed by atoms with van der Waals surface area (Å²) in [5, 5.41) is 5.51. The van der Waals surface area contributed by atoms with Gasteiger partial charge in [0.1, 0.15) is 16.2 Å². The van der Waals surface area contributed by atoms with Gasteiger partial charge in [0.15, 0.2) is 0 Å². The largest absolute Gasteiger partial charge is 0.325 e. The highest BCUT2D eigenvalue weighted by Crippen LogP contribution is 2.43. The first-order chi connectivity index (χ1) is 16.7. The Morgan fingerprint density at radius 3 is 2.65 bits per heavy atom. The molecule has 1 aliphatic rings. The van der Waals surface area contributed by atoms with E-state index in [9.17, 15) is 4.79 Å². The first-order valence-corrected chi connectivity index (χ1v) is 13.2. The van der Waals surface area contributed by atoms with Gasteiger partial charge in [-0.25, -0.2) is 15.0 Å². The predicted octanol–water partition coefficient (Wildman–Crippen LogP) is 6.78. The lowest BCUT2D eigenvalue weighted by molar-refractivity contribution is -0.113. The van der Waals surface area contributed by atoms with Crippen LogP contribution in [0.5, 0.6) is 0 Å². The zero-order chi connectivity index (χ0) is 23.1. The molecule has 5 nitrogen and oxygen atoms in total. The number of pyridine rings is 1. The van der Waals surface area contributed by atoms with Gasteiger partial charge in [0, 0.05) is 21.7 Å². The number of carbonyl (C=O) groups is 1. The van der Waals surface area contributed by atoms with Crippen LogP contribution in [0.3, 0.4) is 0 Å². The van der Waals surface area contributed by atoms with Crippen molar-refractivity contribution in [2.75, 3.05) is 11.1 Å². The van der Waals surface area contributed by atoms with E-state index in [0.717, 1.165) is 61.7 Å². The topological polar surface area (TPSA) is 67.8 Å². The molecule has 1 amide bonds. The van der Waals surface area contributed by atoms with Gasteiger partial charge in [0.2, 0.25) is 5.91 Å². The number of thiophene rings is 1. The second kappa shape index (κ2) is 8.98. The van der Waals surface area contributed by atoms with E-state index in [4.69, 9.17) is 16.6 Å². The summed E-state index contributed by atoms with van der Waals surface area (Å²) < 4.78 is 0.994. The number of aryl methyl sites for hydroxylation is 1. The maximum atomic E-state index is 12.5. The summed E-state index contributed by atoms with van der Waals surface area (Å²) in [5.74, 6) is 0.162. The van der Waals surface area contributed by atoms with E-state index < -0.39 is 0 Å². The molecule has 0 spiro atoms. The monoisotopic (exact) mass is 502 g/mol. The van der Waals surface area contributed by atoms with Gasteiger partial charge in [0.25, 0.3) is 0 Å². The normalized spacial score (nSPS) is 12.9. The summed E-state index contributed by atoms with van der Waals surface area (Å²) in [6, 6.07) is 17.5. The molecule has 1 aliphatic carbocycles. The van der Waals surface area contributed by atoms with Crippen LogP contribution < -0.4 is 5.32 Å². The minimum Gasteiger partial charge on any atom is -0.325 e. The van der Waals surface area contributed by atoms with Gasteiger partial charge in [-0.3, -0.25) is 4.79 Å².